The molecule has 0 fully saturated rings. The highest BCUT2D eigenvalue weighted by molar-refractivity contribution is 7.16. The van der Waals surface area contributed by atoms with Gasteiger partial charge in [0, 0.05) is 21.8 Å². The van der Waals surface area contributed by atoms with Crippen molar-refractivity contribution < 1.29 is 24.2 Å². The van der Waals surface area contributed by atoms with Crippen molar-refractivity contribution in [2.45, 2.75) is 33.6 Å². The van der Waals surface area contributed by atoms with E-state index in [0.717, 1.165) is 10.4 Å². The Morgan fingerprint density at radius 2 is 2.04 bits per heavy atom. The number of anilines is 1. The molecule has 136 valence electrons. The predicted octanol–water partition coefficient (Wildman–Crippen LogP) is 2.38. The van der Waals surface area contributed by atoms with Gasteiger partial charge in [-0.1, -0.05) is 17.7 Å². The molecule has 1 aromatic heterocycles. The lowest BCUT2D eigenvalue weighted by Gasteiger charge is -2.29. The van der Waals surface area contributed by atoms with Crippen LogP contribution < -0.4 is 10.4 Å². The van der Waals surface area contributed by atoms with Crippen molar-refractivity contribution in [2.75, 3.05) is 11.9 Å². The van der Waals surface area contributed by atoms with Gasteiger partial charge in [0.2, 0.25) is 5.91 Å². The Morgan fingerprint density at radius 1 is 1.36 bits per heavy atom. The summed E-state index contributed by atoms with van der Waals surface area (Å²) in [5.41, 5.74) is 1.04. The van der Waals surface area contributed by atoms with Crippen LogP contribution in [0.3, 0.4) is 0 Å². The summed E-state index contributed by atoms with van der Waals surface area (Å²) in [4.78, 5) is 37.0. The second-order valence-corrected chi connectivity index (χ2v) is 7.53. The summed E-state index contributed by atoms with van der Waals surface area (Å²) in [6.45, 7) is 5.53. The summed E-state index contributed by atoms with van der Waals surface area (Å²) in [6, 6.07) is 0. The third kappa shape index (κ3) is 4.22. The van der Waals surface area contributed by atoms with Crippen LogP contribution in [0.15, 0.2) is 11.1 Å². The highest BCUT2D eigenvalue weighted by Crippen LogP contribution is 2.36. The van der Waals surface area contributed by atoms with E-state index in [0.29, 0.717) is 15.6 Å². The Hall–Kier alpha value is -1.86. The van der Waals surface area contributed by atoms with Crippen molar-refractivity contribution in [3.63, 3.8) is 0 Å². The molecule has 0 radical (unpaired) electrons. The van der Waals surface area contributed by atoms with Crippen molar-refractivity contribution in [3.05, 3.63) is 27.1 Å². The van der Waals surface area contributed by atoms with E-state index >= 15 is 0 Å². The number of hydrogen-bond acceptors (Lipinski definition) is 6. The topological polar surface area (TPSA) is 95.5 Å². The summed E-state index contributed by atoms with van der Waals surface area (Å²) < 4.78 is 5.05. The van der Waals surface area contributed by atoms with Gasteiger partial charge in [-0.3, -0.25) is 4.79 Å². The van der Waals surface area contributed by atoms with Crippen molar-refractivity contribution in [1.29, 1.82) is 0 Å². The first-order valence-corrected chi connectivity index (χ1v) is 9.09. The summed E-state index contributed by atoms with van der Waals surface area (Å²) in [5, 5.41) is 14.8. The standard InChI is InChI=1S/C17H20ClNO5S/c1-4-24-17(23)13-8(2)9(3)25-15(13)19-14(20)12-7-10(18)5-6-11(12)16(21)22/h5,11-12H,4,6-7H2,1-3H3,(H,19,20)(H,21,22)/p-1/t11-,12-/m1/s1. The summed E-state index contributed by atoms with van der Waals surface area (Å²) in [5.74, 6) is -4.09. The van der Waals surface area contributed by atoms with Gasteiger partial charge in [-0.05, 0) is 39.2 Å². The minimum atomic E-state index is -1.29. The number of aliphatic carboxylic acids is 1. The third-order valence-electron chi connectivity index (χ3n) is 4.24. The number of amides is 1. The van der Waals surface area contributed by atoms with Crippen LogP contribution in [-0.4, -0.2) is 24.5 Å². The number of rotatable bonds is 5. The zero-order valence-corrected chi connectivity index (χ0v) is 15.8. The first kappa shape index (κ1) is 19.5. The number of ether oxygens (including phenoxy) is 1. The van der Waals surface area contributed by atoms with Gasteiger partial charge in [0.25, 0.3) is 0 Å². The molecule has 0 aromatic carbocycles. The lowest BCUT2D eigenvalue weighted by Crippen LogP contribution is -2.42. The number of carbonyl (C=O) groups excluding carboxylic acids is 3. The van der Waals surface area contributed by atoms with Gasteiger partial charge in [0.15, 0.2) is 0 Å². The maximum absolute atomic E-state index is 12.6. The van der Waals surface area contributed by atoms with Crippen LogP contribution in [0.2, 0.25) is 0 Å². The number of aryl methyl sites for hydroxylation is 1. The van der Waals surface area contributed by atoms with E-state index in [4.69, 9.17) is 16.3 Å². The van der Waals surface area contributed by atoms with Crippen molar-refractivity contribution in [1.82, 2.24) is 0 Å². The van der Waals surface area contributed by atoms with Gasteiger partial charge in [0.05, 0.1) is 18.1 Å². The summed E-state index contributed by atoms with van der Waals surface area (Å²) in [6.07, 6.45) is 1.87. The van der Waals surface area contributed by atoms with E-state index < -0.39 is 29.7 Å². The normalized spacial score (nSPS) is 19.9. The average molecular weight is 385 g/mol. The van der Waals surface area contributed by atoms with E-state index in [-0.39, 0.29) is 19.4 Å². The molecule has 1 aromatic rings. The Kier molecular flexibility index (Phi) is 6.24. The van der Waals surface area contributed by atoms with Crippen LogP contribution in [0.25, 0.3) is 0 Å². The molecule has 0 bridgehead atoms. The van der Waals surface area contributed by atoms with E-state index in [1.165, 1.54) is 11.3 Å². The Balaban J connectivity index is 2.28. The maximum Gasteiger partial charge on any atom is 0.341 e. The largest absolute Gasteiger partial charge is 0.550 e. The molecule has 1 N–H and O–H groups in total. The van der Waals surface area contributed by atoms with E-state index in [9.17, 15) is 19.5 Å². The van der Waals surface area contributed by atoms with Crippen LogP contribution in [0.1, 0.15) is 40.6 Å². The first-order valence-electron chi connectivity index (χ1n) is 7.89. The number of carbonyl (C=O) groups is 3. The lowest BCUT2D eigenvalue weighted by molar-refractivity contribution is -0.313. The van der Waals surface area contributed by atoms with Gasteiger partial charge in [0.1, 0.15) is 5.00 Å². The molecule has 1 heterocycles. The van der Waals surface area contributed by atoms with Gasteiger partial charge in [-0.2, -0.15) is 0 Å². The quantitative estimate of drug-likeness (QED) is 0.786. The fourth-order valence-electron chi connectivity index (χ4n) is 2.76. The number of carboxylic acid groups (broad SMARTS) is 1. The summed E-state index contributed by atoms with van der Waals surface area (Å²) >= 11 is 7.23. The number of thiophene rings is 1. The zero-order chi connectivity index (χ0) is 18.7. The van der Waals surface area contributed by atoms with E-state index in [1.807, 2.05) is 6.92 Å². The second kappa shape index (κ2) is 8.01. The highest BCUT2D eigenvalue weighted by Gasteiger charge is 2.33. The van der Waals surface area contributed by atoms with Crippen molar-refractivity contribution in [2.24, 2.45) is 11.8 Å². The smallest absolute Gasteiger partial charge is 0.341 e. The zero-order valence-electron chi connectivity index (χ0n) is 14.2. The maximum atomic E-state index is 12.6. The second-order valence-electron chi connectivity index (χ2n) is 5.82. The van der Waals surface area contributed by atoms with Gasteiger partial charge in [-0.25, -0.2) is 4.79 Å². The molecule has 0 saturated heterocycles. The SMILES string of the molecule is CCOC(=O)c1c(NC(=O)[C@@H]2CC(Cl)=CC[C@H]2C(=O)[O-])sc(C)c1C. The van der Waals surface area contributed by atoms with Crippen LogP contribution >= 0.6 is 22.9 Å². The molecular formula is C17H19ClNO5S-. The van der Waals surface area contributed by atoms with E-state index in [1.54, 1.807) is 19.9 Å². The molecule has 25 heavy (non-hydrogen) atoms. The molecule has 2 rings (SSSR count). The molecule has 0 spiro atoms. The predicted molar refractivity (Wildman–Crippen MR) is 93.5 cm³/mol. The Labute approximate surface area is 154 Å². The lowest BCUT2D eigenvalue weighted by atomic mass is 9.82. The molecule has 1 aliphatic carbocycles. The molecule has 8 heteroatoms. The van der Waals surface area contributed by atoms with Gasteiger partial charge in [-0.15, -0.1) is 11.3 Å². The fraction of sp³-hybridized carbons (Fsp3) is 0.471. The number of hydrogen-bond donors (Lipinski definition) is 1. The number of nitrogens with one attached hydrogen (secondary N) is 1. The van der Waals surface area contributed by atoms with Crippen molar-refractivity contribution >= 4 is 45.8 Å². The highest BCUT2D eigenvalue weighted by atomic mass is 35.5. The summed E-state index contributed by atoms with van der Waals surface area (Å²) in [7, 11) is 0. The molecule has 0 unspecified atom stereocenters. The fourth-order valence-corrected chi connectivity index (χ4v) is 4.07. The van der Waals surface area contributed by atoms with E-state index in [2.05, 4.69) is 5.32 Å². The number of esters is 1. The number of allylic oxidation sites excluding steroid dienone is 2. The Morgan fingerprint density at radius 3 is 2.64 bits per heavy atom. The van der Waals surface area contributed by atoms with Crippen LogP contribution in [-0.2, 0) is 14.3 Å². The molecule has 1 aliphatic rings. The van der Waals surface area contributed by atoms with Crippen LogP contribution in [0, 0.1) is 25.7 Å². The number of halogens is 1. The van der Waals surface area contributed by atoms with Gasteiger partial charge < -0.3 is 20.0 Å². The third-order valence-corrected chi connectivity index (χ3v) is 5.67. The number of carboxylic acids is 1. The monoisotopic (exact) mass is 384 g/mol. The molecular weight excluding hydrogens is 366 g/mol. The molecule has 2 atom stereocenters. The molecule has 6 nitrogen and oxygen atoms in total. The van der Waals surface area contributed by atoms with Crippen molar-refractivity contribution in [3.8, 4) is 0 Å². The minimum absolute atomic E-state index is 0.129. The molecule has 0 saturated carbocycles. The van der Waals surface area contributed by atoms with Crippen LogP contribution in [0.5, 0.6) is 0 Å². The molecule has 0 aliphatic heterocycles. The van der Waals surface area contributed by atoms with Gasteiger partial charge >= 0.3 is 5.97 Å². The average Bonchev–Trinajstić information content (AvgIpc) is 2.81. The molecule has 1 amide bonds. The first-order chi connectivity index (χ1) is 11.8. The van der Waals surface area contributed by atoms with Crippen LogP contribution in [0.4, 0.5) is 5.00 Å². The minimum Gasteiger partial charge on any atom is -0.550 e. The Bertz CT molecular complexity index is 740.